The minimum Gasteiger partial charge on any atom is -0.393 e. The average Bonchev–Trinajstić information content (AvgIpc) is 2.37. The molecule has 3 heteroatoms. The van der Waals surface area contributed by atoms with Crippen LogP contribution < -0.4 is 5.32 Å². The number of aryl methyl sites for hydroxylation is 1. The smallest absolute Gasteiger partial charge is 0.220 e. The number of hydrogen-bond donors (Lipinski definition) is 2. The molecule has 3 nitrogen and oxygen atoms in total. The van der Waals surface area contributed by atoms with Crippen LogP contribution in [-0.2, 0) is 17.6 Å². The Balaban J connectivity index is 2.29. The second kappa shape index (κ2) is 8.75. The van der Waals surface area contributed by atoms with Gasteiger partial charge >= 0.3 is 0 Å². The van der Waals surface area contributed by atoms with Gasteiger partial charge < -0.3 is 10.4 Å². The van der Waals surface area contributed by atoms with Crippen molar-refractivity contribution in [3.8, 4) is 0 Å². The highest BCUT2D eigenvalue weighted by molar-refractivity contribution is 5.76. The maximum atomic E-state index is 11.6. The summed E-state index contributed by atoms with van der Waals surface area (Å²) in [5.41, 5.74) is 2.55. The van der Waals surface area contributed by atoms with Gasteiger partial charge in [0.25, 0.3) is 0 Å². The fraction of sp³-hybridized carbons (Fsp3) is 0.588. The molecular weight excluding hydrogens is 250 g/mol. The minimum absolute atomic E-state index is 0.0527. The van der Waals surface area contributed by atoms with Crippen LogP contribution in [0.3, 0.4) is 0 Å². The Labute approximate surface area is 122 Å². The van der Waals surface area contributed by atoms with Crippen LogP contribution >= 0.6 is 0 Å². The van der Waals surface area contributed by atoms with Crippen molar-refractivity contribution in [2.24, 2.45) is 5.92 Å². The van der Waals surface area contributed by atoms with Crippen LogP contribution in [0.2, 0.25) is 0 Å². The van der Waals surface area contributed by atoms with E-state index in [1.54, 1.807) is 6.92 Å². The van der Waals surface area contributed by atoms with Gasteiger partial charge in [0.1, 0.15) is 0 Å². The monoisotopic (exact) mass is 277 g/mol. The Kier molecular flexibility index (Phi) is 7.31. The zero-order valence-electron chi connectivity index (χ0n) is 12.9. The molecule has 0 aromatic heterocycles. The lowest BCUT2D eigenvalue weighted by Gasteiger charge is -2.08. The first-order valence-corrected chi connectivity index (χ1v) is 7.50. The molecule has 1 rings (SSSR count). The quantitative estimate of drug-likeness (QED) is 0.767. The lowest BCUT2D eigenvalue weighted by atomic mass is 10.0. The molecule has 0 heterocycles. The highest BCUT2D eigenvalue weighted by Crippen LogP contribution is 2.11. The van der Waals surface area contributed by atoms with Crippen molar-refractivity contribution < 1.29 is 9.90 Å². The molecule has 0 aliphatic heterocycles. The molecule has 0 bridgehead atoms. The summed E-state index contributed by atoms with van der Waals surface area (Å²) in [6.45, 7) is 6.70. The summed E-state index contributed by atoms with van der Waals surface area (Å²) in [6.07, 6.45) is 2.62. The van der Waals surface area contributed by atoms with E-state index in [0.29, 0.717) is 25.3 Å². The predicted molar refractivity (Wildman–Crippen MR) is 82.6 cm³/mol. The number of nitrogens with one attached hydrogen (secondary N) is 1. The summed E-state index contributed by atoms with van der Waals surface area (Å²) < 4.78 is 0. The summed E-state index contributed by atoms with van der Waals surface area (Å²) >= 11 is 0. The molecule has 1 amide bonds. The fourth-order valence-electron chi connectivity index (χ4n) is 2.08. The Morgan fingerprint density at radius 3 is 2.30 bits per heavy atom. The molecule has 1 aromatic rings. The Morgan fingerprint density at radius 1 is 1.15 bits per heavy atom. The summed E-state index contributed by atoms with van der Waals surface area (Å²) in [5.74, 6) is 0.720. The third-order valence-electron chi connectivity index (χ3n) is 3.19. The number of rotatable bonds is 8. The van der Waals surface area contributed by atoms with Crippen LogP contribution in [0.15, 0.2) is 24.3 Å². The molecule has 0 radical (unpaired) electrons. The van der Waals surface area contributed by atoms with Crippen molar-refractivity contribution >= 4 is 5.91 Å². The summed E-state index contributed by atoms with van der Waals surface area (Å²) in [4.78, 5) is 11.6. The largest absolute Gasteiger partial charge is 0.393 e. The van der Waals surface area contributed by atoms with Gasteiger partial charge in [-0.05, 0) is 43.2 Å². The lowest BCUT2D eigenvalue weighted by molar-refractivity contribution is -0.121. The topological polar surface area (TPSA) is 49.3 Å². The van der Waals surface area contributed by atoms with Gasteiger partial charge in [-0.3, -0.25) is 4.79 Å². The molecule has 112 valence electrons. The maximum Gasteiger partial charge on any atom is 0.220 e. The van der Waals surface area contributed by atoms with E-state index in [1.165, 1.54) is 11.1 Å². The van der Waals surface area contributed by atoms with Crippen LogP contribution in [0.5, 0.6) is 0 Å². The third-order valence-corrected chi connectivity index (χ3v) is 3.19. The second-order valence-corrected chi connectivity index (χ2v) is 5.90. The van der Waals surface area contributed by atoms with E-state index in [9.17, 15) is 4.79 Å². The molecule has 0 saturated carbocycles. The van der Waals surface area contributed by atoms with E-state index >= 15 is 0 Å². The number of benzene rings is 1. The van der Waals surface area contributed by atoms with E-state index in [-0.39, 0.29) is 12.0 Å². The zero-order valence-corrected chi connectivity index (χ0v) is 12.9. The third kappa shape index (κ3) is 7.29. The average molecular weight is 277 g/mol. The number of carbonyl (C=O) groups excluding carboxylic acids is 1. The van der Waals surface area contributed by atoms with Crippen LogP contribution in [0.25, 0.3) is 0 Å². The van der Waals surface area contributed by atoms with Gasteiger partial charge in [0.15, 0.2) is 0 Å². The van der Waals surface area contributed by atoms with Gasteiger partial charge in [-0.2, -0.15) is 0 Å². The molecule has 0 spiro atoms. The normalized spacial score (nSPS) is 12.4. The van der Waals surface area contributed by atoms with Gasteiger partial charge in [-0.15, -0.1) is 0 Å². The molecule has 0 saturated heterocycles. The fourth-order valence-corrected chi connectivity index (χ4v) is 2.08. The number of hydrogen-bond acceptors (Lipinski definition) is 2. The molecule has 0 fully saturated rings. The Bertz CT molecular complexity index is 396. The first-order chi connectivity index (χ1) is 9.47. The highest BCUT2D eigenvalue weighted by Gasteiger charge is 2.04. The molecule has 1 atom stereocenters. The van der Waals surface area contributed by atoms with Gasteiger partial charge in [0.2, 0.25) is 5.91 Å². The molecule has 1 unspecified atom stereocenters. The van der Waals surface area contributed by atoms with E-state index in [4.69, 9.17) is 5.11 Å². The standard InChI is InChI=1S/C17H27NO2/c1-13(2)12-16-6-4-15(5-7-16)8-9-17(20)18-11-10-14(3)19/h4-7,13-14,19H,8-12H2,1-3H3,(H,18,20). The van der Waals surface area contributed by atoms with Crippen LogP contribution in [0.4, 0.5) is 0 Å². The highest BCUT2D eigenvalue weighted by atomic mass is 16.3. The molecule has 1 aromatic carbocycles. The Hall–Kier alpha value is -1.35. The predicted octanol–water partition coefficient (Wildman–Crippen LogP) is 2.70. The van der Waals surface area contributed by atoms with Gasteiger partial charge in [-0.25, -0.2) is 0 Å². The van der Waals surface area contributed by atoms with Gasteiger partial charge in [0, 0.05) is 13.0 Å². The first-order valence-electron chi connectivity index (χ1n) is 7.50. The minimum atomic E-state index is -0.358. The van der Waals surface area contributed by atoms with E-state index in [0.717, 1.165) is 12.8 Å². The molecule has 2 N–H and O–H groups in total. The van der Waals surface area contributed by atoms with Crippen molar-refractivity contribution in [2.45, 2.75) is 52.6 Å². The number of amides is 1. The number of aliphatic hydroxyl groups excluding tert-OH is 1. The zero-order chi connectivity index (χ0) is 15.0. The summed E-state index contributed by atoms with van der Waals surface area (Å²) in [6, 6.07) is 8.53. The van der Waals surface area contributed by atoms with Crippen molar-refractivity contribution in [3.63, 3.8) is 0 Å². The van der Waals surface area contributed by atoms with Crippen molar-refractivity contribution in [1.29, 1.82) is 0 Å². The SMILES string of the molecule is CC(C)Cc1ccc(CCC(=O)NCCC(C)O)cc1. The van der Waals surface area contributed by atoms with Crippen molar-refractivity contribution in [3.05, 3.63) is 35.4 Å². The summed E-state index contributed by atoms with van der Waals surface area (Å²) in [7, 11) is 0. The van der Waals surface area contributed by atoms with E-state index in [1.807, 2.05) is 0 Å². The van der Waals surface area contributed by atoms with Gasteiger partial charge in [-0.1, -0.05) is 38.1 Å². The maximum absolute atomic E-state index is 11.6. The Morgan fingerprint density at radius 2 is 1.75 bits per heavy atom. The van der Waals surface area contributed by atoms with Crippen molar-refractivity contribution in [1.82, 2.24) is 5.32 Å². The molecule has 20 heavy (non-hydrogen) atoms. The van der Waals surface area contributed by atoms with Crippen LogP contribution in [0.1, 0.15) is 44.7 Å². The van der Waals surface area contributed by atoms with E-state index < -0.39 is 0 Å². The number of carbonyl (C=O) groups is 1. The summed E-state index contributed by atoms with van der Waals surface area (Å²) in [5, 5.41) is 11.9. The van der Waals surface area contributed by atoms with Crippen LogP contribution in [-0.4, -0.2) is 23.7 Å². The second-order valence-electron chi connectivity index (χ2n) is 5.90. The molecule has 0 aliphatic carbocycles. The first kappa shape index (κ1) is 16.7. The van der Waals surface area contributed by atoms with E-state index in [2.05, 4.69) is 43.4 Å². The lowest BCUT2D eigenvalue weighted by Crippen LogP contribution is -2.26. The number of aliphatic hydroxyl groups is 1. The van der Waals surface area contributed by atoms with Gasteiger partial charge in [0.05, 0.1) is 6.10 Å². The molecule has 0 aliphatic rings. The molecular formula is C17H27NO2. The van der Waals surface area contributed by atoms with Crippen LogP contribution in [0, 0.1) is 5.92 Å². The van der Waals surface area contributed by atoms with Crippen molar-refractivity contribution in [2.75, 3.05) is 6.54 Å².